The molecule has 4 heteroatoms. The topological polar surface area (TPSA) is 57.2 Å². The van der Waals surface area contributed by atoms with Gasteiger partial charge in [0.1, 0.15) is 0 Å². The molecule has 0 spiro atoms. The summed E-state index contributed by atoms with van der Waals surface area (Å²) < 4.78 is 6.78. The van der Waals surface area contributed by atoms with E-state index < -0.39 is 0 Å². The van der Waals surface area contributed by atoms with Gasteiger partial charge in [0.05, 0.1) is 7.11 Å². The number of hydrogen-bond donors (Lipinski definition) is 1. The molecule has 2 rings (SSSR count). The van der Waals surface area contributed by atoms with E-state index in [-0.39, 0.29) is 5.97 Å². The van der Waals surface area contributed by atoms with Crippen molar-refractivity contribution in [3.8, 4) is 0 Å². The quantitative estimate of drug-likeness (QED) is 0.821. The Morgan fingerprint density at radius 2 is 2.22 bits per heavy atom. The summed E-state index contributed by atoms with van der Waals surface area (Å²) in [5, 5.41) is 1.19. The number of rotatable bonds is 5. The number of benzene rings is 1. The Hall–Kier alpha value is -1.81. The normalized spacial score (nSPS) is 10.8. The summed E-state index contributed by atoms with van der Waals surface area (Å²) in [6, 6.07) is 8.21. The minimum Gasteiger partial charge on any atom is -0.469 e. The van der Waals surface area contributed by atoms with Gasteiger partial charge >= 0.3 is 5.97 Å². The lowest BCUT2D eigenvalue weighted by molar-refractivity contribution is -0.140. The lowest BCUT2D eigenvalue weighted by Gasteiger charge is -2.06. The first-order chi connectivity index (χ1) is 8.76. The molecule has 0 aliphatic heterocycles. The number of fused-ring (bicyclic) bond motifs is 1. The highest BCUT2D eigenvalue weighted by molar-refractivity contribution is 5.83. The Labute approximate surface area is 106 Å². The molecule has 0 fully saturated rings. The molecule has 0 atom stereocenters. The van der Waals surface area contributed by atoms with E-state index in [0.717, 1.165) is 18.5 Å². The third-order valence-corrected chi connectivity index (χ3v) is 3.13. The number of carbonyl (C=O) groups excluding carboxylic acids is 1. The van der Waals surface area contributed by atoms with Crippen LogP contribution in [0.15, 0.2) is 30.5 Å². The highest BCUT2D eigenvalue weighted by Gasteiger charge is 2.05. The lowest BCUT2D eigenvalue weighted by atomic mass is 10.1. The number of carbonyl (C=O) groups is 1. The van der Waals surface area contributed by atoms with Gasteiger partial charge in [-0.15, -0.1) is 0 Å². The first-order valence-corrected chi connectivity index (χ1v) is 6.10. The molecule has 1 heterocycles. The monoisotopic (exact) mass is 246 g/mol. The van der Waals surface area contributed by atoms with Crippen molar-refractivity contribution in [2.45, 2.75) is 25.9 Å². The number of hydrogen-bond acceptors (Lipinski definition) is 3. The van der Waals surface area contributed by atoms with Crippen molar-refractivity contribution < 1.29 is 9.53 Å². The third-order valence-electron chi connectivity index (χ3n) is 3.13. The second kappa shape index (κ2) is 5.69. The number of nitrogens with two attached hydrogens (primary N) is 1. The zero-order valence-corrected chi connectivity index (χ0v) is 10.6. The largest absolute Gasteiger partial charge is 0.469 e. The van der Waals surface area contributed by atoms with Crippen molar-refractivity contribution in [2.24, 2.45) is 5.73 Å². The van der Waals surface area contributed by atoms with E-state index in [1.165, 1.54) is 18.0 Å². The molecule has 96 valence electrons. The summed E-state index contributed by atoms with van der Waals surface area (Å²) in [6.45, 7) is 1.36. The van der Waals surface area contributed by atoms with Crippen molar-refractivity contribution >= 4 is 16.9 Å². The Kier molecular flexibility index (Phi) is 3.99. The second-order valence-corrected chi connectivity index (χ2v) is 4.24. The maximum atomic E-state index is 11.1. The van der Waals surface area contributed by atoms with E-state index in [9.17, 15) is 4.79 Å². The molecule has 4 nitrogen and oxygen atoms in total. The second-order valence-electron chi connectivity index (χ2n) is 4.24. The molecule has 0 amide bonds. The predicted octanol–water partition coefficient (Wildman–Crippen LogP) is 2.05. The van der Waals surface area contributed by atoms with Crippen molar-refractivity contribution in [1.29, 1.82) is 0 Å². The van der Waals surface area contributed by atoms with Crippen LogP contribution >= 0.6 is 0 Å². The van der Waals surface area contributed by atoms with Gasteiger partial charge in [0.15, 0.2) is 0 Å². The zero-order chi connectivity index (χ0) is 13.0. The molecule has 1 aromatic heterocycles. The smallest absolute Gasteiger partial charge is 0.305 e. The molecule has 0 saturated carbocycles. The Bertz CT molecular complexity index is 546. The molecule has 0 aliphatic rings. The van der Waals surface area contributed by atoms with Crippen LogP contribution in [0.25, 0.3) is 10.9 Å². The van der Waals surface area contributed by atoms with E-state index >= 15 is 0 Å². The zero-order valence-electron chi connectivity index (χ0n) is 10.6. The Morgan fingerprint density at radius 1 is 1.39 bits per heavy atom. The van der Waals surface area contributed by atoms with Crippen LogP contribution in [-0.4, -0.2) is 17.6 Å². The van der Waals surface area contributed by atoms with E-state index in [1.54, 1.807) is 0 Å². The summed E-state index contributed by atoms with van der Waals surface area (Å²) >= 11 is 0. The van der Waals surface area contributed by atoms with Crippen molar-refractivity contribution in [1.82, 2.24) is 4.57 Å². The number of aryl methyl sites for hydroxylation is 1. The number of nitrogens with zero attached hydrogens (tertiary/aromatic N) is 1. The number of esters is 1. The van der Waals surface area contributed by atoms with Crippen molar-refractivity contribution in [3.63, 3.8) is 0 Å². The van der Waals surface area contributed by atoms with E-state index in [4.69, 9.17) is 5.73 Å². The van der Waals surface area contributed by atoms with Gasteiger partial charge in [0, 0.05) is 36.6 Å². The first-order valence-electron chi connectivity index (χ1n) is 6.10. The van der Waals surface area contributed by atoms with Gasteiger partial charge in [-0.2, -0.15) is 0 Å². The van der Waals surface area contributed by atoms with Crippen LogP contribution in [-0.2, 0) is 22.6 Å². The lowest BCUT2D eigenvalue weighted by Crippen LogP contribution is -2.03. The van der Waals surface area contributed by atoms with Crippen LogP contribution in [0.1, 0.15) is 18.4 Å². The average Bonchev–Trinajstić information content (AvgIpc) is 2.82. The molecule has 0 radical (unpaired) electrons. The standard InChI is InChI=1S/C14H18N2O2/c1-18-14(17)6-3-8-16-9-7-12-11(10-15)4-2-5-13(12)16/h2,4-5,7,9H,3,6,8,10,15H2,1H3. The molecular formula is C14H18N2O2. The molecule has 18 heavy (non-hydrogen) atoms. The molecule has 0 aliphatic carbocycles. The fourth-order valence-electron chi connectivity index (χ4n) is 2.16. The van der Waals surface area contributed by atoms with Crippen LogP contribution in [0.5, 0.6) is 0 Å². The number of aromatic nitrogens is 1. The van der Waals surface area contributed by atoms with Crippen LogP contribution in [0.3, 0.4) is 0 Å². The molecule has 2 aromatic rings. The summed E-state index contributed by atoms with van der Waals surface area (Å²) in [5.41, 5.74) is 8.03. The fourth-order valence-corrected chi connectivity index (χ4v) is 2.16. The summed E-state index contributed by atoms with van der Waals surface area (Å²) in [7, 11) is 1.42. The highest BCUT2D eigenvalue weighted by Crippen LogP contribution is 2.20. The van der Waals surface area contributed by atoms with Gasteiger partial charge in [0.2, 0.25) is 0 Å². The predicted molar refractivity (Wildman–Crippen MR) is 71.1 cm³/mol. The third kappa shape index (κ3) is 2.54. The van der Waals surface area contributed by atoms with Gasteiger partial charge in [-0.1, -0.05) is 12.1 Å². The van der Waals surface area contributed by atoms with Gasteiger partial charge in [-0.05, 0) is 24.1 Å². The molecule has 2 N–H and O–H groups in total. The molecule has 1 aromatic carbocycles. The van der Waals surface area contributed by atoms with Crippen LogP contribution in [0.2, 0.25) is 0 Å². The van der Waals surface area contributed by atoms with Crippen LogP contribution in [0, 0.1) is 0 Å². The van der Waals surface area contributed by atoms with Crippen LogP contribution < -0.4 is 5.73 Å². The number of ether oxygens (including phenoxy) is 1. The van der Waals surface area contributed by atoms with Crippen LogP contribution in [0.4, 0.5) is 0 Å². The van der Waals surface area contributed by atoms with Gasteiger partial charge in [-0.3, -0.25) is 4.79 Å². The summed E-state index contributed by atoms with van der Waals surface area (Å²) in [4.78, 5) is 11.1. The highest BCUT2D eigenvalue weighted by atomic mass is 16.5. The average molecular weight is 246 g/mol. The Balaban J connectivity index is 2.12. The Morgan fingerprint density at radius 3 is 2.94 bits per heavy atom. The number of methoxy groups -OCH3 is 1. The maximum Gasteiger partial charge on any atom is 0.305 e. The van der Waals surface area contributed by atoms with Gasteiger partial charge in [0.25, 0.3) is 0 Å². The molecule has 0 unspecified atom stereocenters. The molecule has 0 bridgehead atoms. The fraction of sp³-hybridized carbons (Fsp3) is 0.357. The maximum absolute atomic E-state index is 11.1. The van der Waals surface area contributed by atoms with Gasteiger partial charge < -0.3 is 15.0 Å². The summed E-state index contributed by atoms with van der Waals surface area (Å²) in [6.07, 6.45) is 3.27. The van der Waals surface area contributed by atoms with E-state index in [0.29, 0.717) is 13.0 Å². The summed E-state index contributed by atoms with van der Waals surface area (Å²) in [5.74, 6) is -0.158. The minimum atomic E-state index is -0.158. The van der Waals surface area contributed by atoms with E-state index in [1.807, 2.05) is 18.3 Å². The van der Waals surface area contributed by atoms with Crippen molar-refractivity contribution in [3.05, 3.63) is 36.0 Å². The first kappa shape index (κ1) is 12.6. The van der Waals surface area contributed by atoms with Crippen molar-refractivity contribution in [2.75, 3.05) is 7.11 Å². The van der Waals surface area contributed by atoms with E-state index in [2.05, 4.69) is 21.4 Å². The minimum absolute atomic E-state index is 0.158. The molecule has 0 saturated heterocycles. The van der Waals surface area contributed by atoms with Gasteiger partial charge in [-0.25, -0.2) is 0 Å². The SMILES string of the molecule is COC(=O)CCCn1ccc2c(CN)cccc21. The molecular weight excluding hydrogens is 228 g/mol.